The van der Waals surface area contributed by atoms with Gasteiger partial charge in [0.25, 0.3) is 0 Å². The van der Waals surface area contributed by atoms with Crippen LogP contribution < -0.4 is 11.5 Å². The molecule has 308 valence electrons. The number of hydrogen-bond acceptors (Lipinski definition) is 7. The number of barbiturate groups is 1. The number of urea groups is 1. The number of carboxylic acids is 2. The summed E-state index contributed by atoms with van der Waals surface area (Å²) in [6.07, 6.45) is -8.18. The molecular formula is C38H38F8N4O7. The molecule has 4 amide bonds. The number of nitrogens with two attached hydrogens (primary N) is 2. The van der Waals surface area contributed by atoms with Gasteiger partial charge in [-0.2, -0.15) is 26.3 Å². The van der Waals surface area contributed by atoms with Gasteiger partial charge in [-0.05, 0) is 85.6 Å². The monoisotopic (exact) mass is 814 g/mol. The van der Waals surface area contributed by atoms with E-state index in [1.54, 1.807) is 60.7 Å². The number of benzene rings is 4. The highest BCUT2D eigenvalue weighted by Crippen LogP contribution is 2.40. The topological polar surface area (TPSA) is 184 Å². The molecule has 1 heterocycles. The Hall–Kier alpha value is -5.69. The van der Waals surface area contributed by atoms with E-state index in [4.69, 9.17) is 31.3 Å². The van der Waals surface area contributed by atoms with Crippen molar-refractivity contribution in [1.29, 1.82) is 0 Å². The summed E-state index contributed by atoms with van der Waals surface area (Å²) in [5.74, 6) is -7.57. The summed E-state index contributed by atoms with van der Waals surface area (Å²) in [5.41, 5.74) is 10.9. The van der Waals surface area contributed by atoms with Crippen molar-refractivity contribution in [1.82, 2.24) is 9.80 Å². The Bertz CT molecular complexity index is 1950. The van der Waals surface area contributed by atoms with Gasteiger partial charge in [0.15, 0.2) is 0 Å². The van der Waals surface area contributed by atoms with E-state index in [1.165, 1.54) is 12.1 Å². The number of halogens is 8. The van der Waals surface area contributed by atoms with Crippen LogP contribution in [-0.4, -0.2) is 88.3 Å². The van der Waals surface area contributed by atoms with Gasteiger partial charge in [0.05, 0.1) is 0 Å². The van der Waals surface area contributed by atoms with Gasteiger partial charge in [0.2, 0.25) is 11.8 Å². The Balaban J connectivity index is 0.000000531. The Morgan fingerprint density at radius 2 is 0.877 bits per heavy atom. The Labute approximate surface area is 319 Å². The average Bonchev–Trinajstić information content (AvgIpc) is 3.16. The number of unbranched alkanes of at least 4 members (excludes halogenated alkanes) is 2. The molecule has 6 N–H and O–H groups in total. The zero-order valence-corrected chi connectivity index (χ0v) is 30.0. The van der Waals surface area contributed by atoms with Crippen molar-refractivity contribution in [3.8, 4) is 0 Å². The molecule has 11 nitrogen and oxygen atoms in total. The Morgan fingerprint density at radius 3 is 1.18 bits per heavy atom. The number of imide groups is 2. The number of aliphatic carboxylic acids is 2. The normalized spacial score (nSPS) is 14.2. The van der Waals surface area contributed by atoms with Crippen LogP contribution in [-0.2, 0) is 32.0 Å². The fourth-order valence-electron chi connectivity index (χ4n) is 6.12. The molecule has 0 saturated carbocycles. The molecule has 0 unspecified atom stereocenters. The summed E-state index contributed by atoms with van der Waals surface area (Å²) in [6, 6.07) is 19.0. The van der Waals surface area contributed by atoms with Crippen LogP contribution in [0.4, 0.5) is 39.9 Å². The minimum absolute atomic E-state index is 0.0782. The van der Waals surface area contributed by atoms with Crippen molar-refractivity contribution >= 4 is 51.3 Å². The first-order valence-electron chi connectivity index (χ1n) is 17.2. The molecular weight excluding hydrogens is 776 g/mol. The Kier molecular flexibility index (Phi) is 15.6. The molecule has 57 heavy (non-hydrogen) atoms. The summed E-state index contributed by atoms with van der Waals surface area (Å²) in [7, 11) is 0. The maximum absolute atomic E-state index is 14.8. The van der Waals surface area contributed by atoms with Crippen LogP contribution in [0.1, 0.15) is 36.8 Å². The highest BCUT2D eigenvalue weighted by molar-refractivity contribution is 6.19. The number of nitrogens with zero attached hydrogens (tertiary/aromatic N) is 2. The molecule has 4 aromatic carbocycles. The van der Waals surface area contributed by atoms with Crippen LogP contribution in [0.25, 0.3) is 21.5 Å². The standard InChI is InChI=1S/C34H36F2N4O3.2C2HF3O2/c35-29-15-13-23(25-9-1-3-11-27(25)29)21-34(22-24-14-16-30(36)28-12-4-2-10-26(24)28)31(41)39(19-7-5-17-37)33(43)40(32(34)42)20-8-6-18-38;2*3-2(4,5)1(6)7/h1-4,9-16H,5-8,17-22,37-38H2;2*(H,6,7). The summed E-state index contributed by atoms with van der Waals surface area (Å²) >= 11 is 0. The zero-order valence-electron chi connectivity index (χ0n) is 30.0. The van der Waals surface area contributed by atoms with Gasteiger partial charge in [0.1, 0.15) is 17.0 Å². The Morgan fingerprint density at radius 1 is 0.561 bits per heavy atom. The number of carbonyl (C=O) groups is 5. The van der Waals surface area contributed by atoms with E-state index in [-0.39, 0.29) is 25.9 Å². The van der Waals surface area contributed by atoms with Crippen molar-refractivity contribution in [3.63, 3.8) is 0 Å². The first-order valence-corrected chi connectivity index (χ1v) is 17.2. The van der Waals surface area contributed by atoms with Crippen LogP contribution in [0.3, 0.4) is 0 Å². The lowest BCUT2D eigenvalue weighted by Crippen LogP contribution is -2.66. The molecule has 4 aromatic rings. The number of alkyl halides is 6. The SMILES string of the molecule is NCCCCN1C(=O)N(CCCCN)C(=O)C(Cc2ccc(F)c3ccccc23)(Cc2ccc(F)c3ccccc23)C1=O.O=C(O)C(F)(F)F.O=C(O)C(F)(F)F. The van der Waals surface area contributed by atoms with Gasteiger partial charge in [-0.1, -0.05) is 60.7 Å². The minimum Gasteiger partial charge on any atom is -0.475 e. The van der Waals surface area contributed by atoms with E-state index >= 15 is 0 Å². The van der Waals surface area contributed by atoms with Crippen molar-refractivity contribution in [3.05, 3.63) is 95.6 Å². The molecule has 19 heteroatoms. The van der Waals surface area contributed by atoms with Crippen molar-refractivity contribution in [2.24, 2.45) is 16.9 Å². The second-order valence-corrected chi connectivity index (χ2v) is 12.7. The summed E-state index contributed by atoms with van der Waals surface area (Å²) in [4.78, 5) is 63.0. The minimum atomic E-state index is -5.08. The zero-order chi connectivity index (χ0) is 42.7. The molecule has 1 aliphatic rings. The lowest BCUT2D eigenvalue weighted by Gasteiger charge is -2.44. The number of carbonyl (C=O) groups excluding carboxylic acids is 3. The molecule has 0 bridgehead atoms. The van der Waals surface area contributed by atoms with Gasteiger partial charge >= 0.3 is 30.3 Å². The van der Waals surface area contributed by atoms with Crippen LogP contribution >= 0.6 is 0 Å². The first-order chi connectivity index (χ1) is 26.7. The molecule has 0 spiro atoms. The first kappa shape index (κ1) is 45.7. The van der Waals surface area contributed by atoms with Crippen molar-refractivity contribution < 1.29 is 69.3 Å². The van der Waals surface area contributed by atoms with Crippen LogP contribution in [0.5, 0.6) is 0 Å². The number of rotatable bonds is 12. The lowest BCUT2D eigenvalue weighted by molar-refractivity contribution is -0.193. The smallest absolute Gasteiger partial charge is 0.475 e. The van der Waals surface area contributed by atoms with Crippen molar-refractivity contribution in [2.45, 2.75) is 50.9 Å². The molecule has 1 fully saturated rings. The number of hydrogen-bond donors (Lipinski definition) is 4. The predicted octanol–water partition coefficient (Wildman–Crippen LogP) is 6.58. The highest BCUT2D eigenvalue weighted by atomic mass is 19.4. The summed E-state index contributed by atoms with van der Waals surface area (Å²) in [6.45, 7) is 0.991. The fourth-order valence-corrected chi connectivity index (χ4v) is 6.12. The maximum atomic E-state index is 14.8. The number of amides is 4. The molecule has 1 saturated heterocycles. The second kappa shape index (κ2) is 19.4. The van der Waals surface area contributed by atoms with E-state index in [0.29, 0.717) is 71.4 Å². The van der Waals surface area contributed by atoms with Gasteiger partial charge < -0.3 is 21.7 Å². The second-order valence-electron chi connectivity index (χ2n) is 12.7. The quantitative estimate of drug-likeness (QED) is 0.0697. The van der Waals surface area contributed by atoms with Gasteiger partial charge in [-0.15, -0.1) is 0 Å². The van der Waals surface area contributed by atoms with Gasteiger partial charge in [-0.3, -0.25) is 19.4 Å². The van der Waals surface area contributed by atoms with Crippen molar-refractivity contribution in [2.75, 3.05) is 26.2 Å². The van der Waals surface area contributed by atoms with Gasteiger partial charge in [-0.25, -0.2) is 23.2 Å². The van der Waals surface area contributed by atoms with E-state index in [0.717, 1.165) is 9.80 Å². The molecule has 1 aliphatic heterocycles. The maximum Gasteiger partial charge on any atom is 0.490 e. The molecule has 0 aliphatic carbocycles. The van der Waals surface area contributed by atoms with E-state index < -0.39 is 59.2 Å². The van der Waals surface area contributed by atoms with Crippen LogP contribution in [0.15, 0.2) is 72.8 Å². The molecule has 0 aromatic heterocycles. The van der Waals surface area contributed by atoms with Gasteiger partial charge in [0, 0.05) is 23.9 Å². The van der Waals surface area contributed by atoms with E-state index in [1.807, 2.05) is 0 Å². The third kappa shape index (κ3) is 11.2. The lowest BCUT2D eigenvalue weighted by atomic mass is 9.71. The average molecular weight is 815 g/mol. The third-order valence-corrected chi connectivity index (χ3v) is 8.83. The van der Waals surface area contributed by atoms with Crippen LogP contribution in [0.2, 0.25) is 0 Å². The summed E-state index contributed by atoms with van der Waals surface area (Å²) in [5, 5.41) is 16.1. The summed E-state index contributed by atoms with van der Waals surface area (Å²) < 4.78 is 93.1. The third-order valence-electron chi connectivity index (χ3n) is 8.83. The fraction of sp³-hybridized carbons (Fsp3) is 0.342. The number of fused-ring (bicyclic) bond motifs is 2. The molecule has 0 atom stereocenters. The molecule has 5 rings (SSSR count). The van der Waals surface area contributed by atoms with Crippen LogP contribution in [0, 0.1) is 17.0 Å². The van der Waals surface area contributed by atoms with E-state index in [2.05, 4.69) is 0 Å². The molecule has 0 radical (unpaired) electrons. The van der Waals surface area contributed by atoms with E-state index in [9.17, 15) is 49.5 Å². The number of carboxylic acid groups (broad SMARTS) is 2. The highest BCUT2D eigenvalue weighted by Gasteiger charge is 2.57. The predicted molar refractivity (Wildman–Crippen MR) is 190 cm³/mol. The largest absolute Gasteiger partial charge is 0.490 e.